The summed E-state index contributed by atoms with van der Waals surface area (Å²) in [5.41, 5.74) is 0.449. The normalized spacial score (nSPS) is 10.2. The van der Waals surface area contributed by atoms with Gasteiger partial charge >= 0.3 is 5.97 Å². The summed E-state index contributed by atoms with van der Waals surface area (Å²) in [5.74, 6) is 0.671. The zero-order valence-electron chi connectivity index (χ0n) is 11.5. The van der Waals surface area contributed by atoms with Crippen molar-refractivity contribution < 1.29 is 14.3 Å². The molecule has 110 valence electrons. The summed E-state index contributed by atoms with van der Waals surface area (Å²) < 4.78 is 10.7. The van der Waals surface area contributed by atoms with Gasteiger partial charge in [-0.1, -0.05) is 18.5 Å². The Morgan fingerprint density at radius 3 is 2.43 bits per heavy atom. The fourth-order valence-electron chi connectivity index (χ4n) is 1.62. The van der Waals surface area contributed by atoms with Gasteiger partial charge in [-0.05, 0) is 42.8 Å². The van der Waals surface area contributed by atoms with Crippen LogP contribution in [0, 0.1) is 0 Å². The van der Waals surface area contributed by atoms with E-state index in [1.54, 1.807) is 42.5 Å². The summed E-state index contributed by atoms with van der Waals surface area (Å²) in [5, 5.41) is 0.437. The molecule has 3 nitrogen and oxygen atoms in total. The minimum absolute atomic E-state index is 0.383. The Morgan fingerprint density at radius 2 is 1.81 bits per heavy atom. The first-order chi connectivity index (χ1) is 10.1. The number of carbonyl (C=O) groups excluding carboxylic acids is 1. The van der Waals surface area contributed by atoms with Crippen LogP contribution >= 0.6 is 24.2 Å². The lowest BCUT2D eigenvalue weighted by Gasteiger charge is -2.07. The van der Waals surface area contributed by atoms with Gasteiger partial charge in [-0.2, -0.15) is 0 Å². The van der Waals surface area contributed by atoms with Crippen LogP contribution in [-0.4, -0.2) is 12.6 Å². The molecule has 0 unspecified atom stereocenters. The van der Waals surface area contributed by atoms with Gasteiger partial charge in [0.25, 0.3) is 0 Å². The highest BCUT2D eigenvalue weighted by atomic mass is 35.5. The summed E-state index contributed by atoms with van der Waals surface area (Å²) in [4.78, 5) is 12.6. The maximum Gasteiger partial charge on any atom is 0.343 e. The van der Waals surface area contributed by atoms with Gasteiger partial charge in [0.1, 0.15) is 11.5 Å². The first kappa shape index (κ1) is 15.7. The van der Waals surface area contributed by atoms with Crippen LogP contribution in [0.1, 0.15) is 23.7 Å². The Kier molecular flexibility index (Phi) is 5.53. The molecule has 0 aromatic heterocycles. The van der Waals surface area contributed by atoms with E-state index < -0.39 is 5.97 Å². The number of esters is 1. The molecular formula is C16H15ClO3S. The third-order valence-corrected chi connectivity index (χ3v) is 3.53. The molecule has 0 bridgehead atoms. The van der Waals surface area contributed by atoms with Crippen LogP contribution in [0.25, 0.3) is 0 Å². The van der Waals surface area contributed by atoms with Crippen LogP contribution in [0.3, 0.4) is 0 Å². The number of thiol groups is 1. The van der Waals surface area contributed by atoms with Crippen LogP contribution in [0.4, 0.5) is 0 Å². The van der Waals surface area contributed by atoms with E-state index in [9.17, 15) is 4.79 Å². The van der Waals surface area contributed by atoms with Crippen molar-refractivity contribution in [3.8, 4) is 11.5 Å². The molecule has 0 N–H and O–H groups in total. The first-order valence-electron chi connectivity index (χ1n) is 6.53. The van der Waals surface area contributed by atoms with Crippen molar-refractivity contribution in [2.45, 2.75) is 18.2 Å². The SMILES string of the molecule is CCCOc1ccc(C(=O)Oc2ccc(S)c(Cl)c2)cc1. The highest BCUT2D eigenvalue weighted by molar-refractivity contribution is 7.80. The third kappa shape index (κ3) is 4.41. The molecule has 0 aliphatic rings. The smallest absolute Gasteiger partial charge is 0.343 e. The predicted molar refractivity (Wildman–Crippen MR) is 85.9 cm³/mol. The molecule has 0 saturated heterocycles. The zero-order valence-corrected chi connectivity index (χ0v) is 13.2. The van der Waals surface area contributed by atoms with Gasteiger partial charge in [0.15, 0.2) is 0 Å². The van der Waals surface area contributed by atoms with E-state index in [4.69, 9.17) is 21.1 Å². The molecule has 0 aliphatic carbocycles. The topological polar surface area (TPSA) is 35.5 Å². The Morgan fingerprint density at radius 1 is 1.14 bits per heavy atom. The van der Waals surface area contributed by atoms with Crippen molar-refractivity contribution in [3.05, 3.63) is 53.1 Å². The monoisotopic (exact) mass is 322 g/mol. The fourth-order valence-corrected chi connectivity index (χ4v) is 1.93. The largest absolute Gasteiger partial charge is 0.494 e. The van der Waals surface area contributed by atoms with Gasteiger partial charge in [0.2, 0.25) is 0 Å². The molecule has 2 aromatic rings. The predicted octanol–water partition coefficient (Wildman–Crippen LogP) is 4.64. The molecule has 21 heavy (non-hydrogen) atoms. The van der Waals surface area contributed by atoms with Gasteiger partial charge in [-0.3, -0.25) is 0 Å². The van der Waals surface area contributed by atoms with Crippen LogP contribution in [0.15, 0.2) is 47.4 Å². The average Bonchev–Trinajstić information content (AvgIpc) is 2.49. The summed E-state index contributed by atoms with van der Waals surface area (Å²) in [7, 11) is 0. The number of benzene rings is 2. The van der Waals surface area contributed by atoms with Gasteiger partial charge < -0.3 is 9.47 Å². The summed E-state index contributed by atoms with van der Waals surface area (Å²) in [6, 6.07) is 11.7. The highest BCUT2D eigenvalue weighted by Crippen LogP contribution is 2.25. The Labute approximate surface area is 134 Å². The second kappa shape index (κ2) is 7.38. The first-order valence-corrected chi connectivity index (χ1v) is 7.36. The molecule has 2 rings (SSSR count). The van der Waals surface area contributed by atoms with E-state index in [0.29, 0.717) is 27.8 Å². The Bertz CT molecular complexity index is 626. The van der Waals surface area contributed by atoms with E-state index in [-0.39, 0.29) is 0 Å². The van der Waals surface area contributed by atoms with Crippen molar-refractivity contribution in [2.75, 3.05) is 6.61 Å². The van der Waals surface area contributed by atoms with E-state index in [1.807, 2.05) is 6.92 Å². The molecule has 0 amide bonds. The van der Waals surface area contributed by atoms with Gasteiger partial charge in [0.05, 0.1) is 17.2 Å². The van der Waals surface area contributed by atoms with Crippen LogP contribution in [0.2, 0.25) is 5.02 Å². The van der Waals surface area contributed by atoms with Crippen molar-refractivity contribution in [1.29, 1.82) is 0 Å². The molecule has 0 atom stereocenters. The van der Waals surface area contributed by atoms with E-state index >= 15 is 0 Å². The van der Waals surface area contributed by atoms with Gasteiger partial charge in [0, 0.05) is 11.0 Å². The average molecular weight is 323 g/mol. The third-order valence-electron chi connectivity index (χ3n) is 2.69. The van der Waals surface area contributed by atoms with Crippen LogP contribution < -0.4 is 9.47 Å². The lowest BCUT2D eigenvalue weighted by Crippen LogP contribution is -2.08. The number of hydrogen-bond acceptors (Lipinski definition) is 4. The van der Waals surface area contributed by atoms with Crippen molar-refractivity contribution in [2.24, 2.45) is 0 Å². The number of ether oxygens (including phenoxy) is 2. The number of hydrogen-bond donors (Lipinski definition) is 1. The number of rotatable bonds is 5. The Hall–Kier alpha value is -1.65. The summed E-state index contributed by atoms with van der Waals surface area (Å²) >= 11 is 10.1. The lowest BCUT2D eigenvalue weighted by atomic mass is 10.2. The molecule has 0 saturated carbocycles. The van der Waals surface area contributed by atoms with Gasteiger partial charge in [-0.25, -0.2) is 4.79 Å². The zero-order chi connectivity index (χ0) is 15.2. The highest BCUT2D eigenvalue weighted by Gasteiger charge is 2.09. The van der Waals surface area contributed by atoms with Crippen molar-refractivity contribution in [1.82, 2.24) is 0 Å². The molecular weight excluding hydrogens is 308 g/mol. The maximum absolute atomic E-state index is 12.0. The van der Waals surface area contributed by atoms with E-state index in [0.717, 1.165) is 12.2 Å². The van der Waals surface area contributed by atoms with Gasteiger partial charge in [-0.15, -0.1) is 12.6 Å². The molecule has 0 spiro atoms. The molecule has 0 aliphatic heterocycles. The van der Waals surface area contributed by atoms with Crippen molar-refractivity contribution >= 4 is 30.2 Å². The minimum Gasteiger partial charge on any atom is -0.494 e. The second-order valence-electron chi connectivity index (χ2n) is 4.38. The Balaban J connectivity index is 2.04. The van der Waals surface area contributed by atoms with E-state index in [2.05, 4.69) is 12.6 Å². The van der Waals surface area contributed by atoms with Crippen molar-refractivity contribution in [3.63, 3.8) is 0 Å². The summed E-state index contributed by atoms with van der Waals surface area (Å²) in [6.45, 7) is 2.69. The molecule has 0 radical (unpaired) electrons. The fraction of sp³-hybridized carbons (Fsp3) is 0.188. The summed E-state index contributed by atoms with van der Waals surface area (Å²) in [6.07, 6.45) is 0.936. The lowest BCUT2D eigenvalue weighted by molar-refractivity contribution is 0.0734. The quantitative estimate of drug-likeness (QED) is 0.495. The van der Waals surface area contributed by atoms with Crippen LogP contribution in [-0.2, 0) is 0 Å². The minimum atomic E-state index is -0.444. The molecule has 2 aromatic carbocycles. The maximum atomic E-state index is 12.0. The van der Waals surface area contributed by atoms with Crippen LogP contribution in [0.5, 0.6) is 11.5 Å². The number of halogens is 1. The molecule has 0 heterocycles. The second-order valence-corrected chi connectivity index (χ2v) is 5.26. The molecule has 0 fully saturated rings. The number of carbonyl (C=O) groups is 1. The molecule has 5 heteroatoms. The standard InChI is InChI=1S/C16H15ClO3S/c1-2-9-19-12-5-3-11(4-6-12)16(18)20-13-7-8-15(21)14(17)10-13/h3-8,10,21H,2,9H2,1H3. The van der Waals surface area contributed by atoms with E-state index in [1.165, 1.54) is 0 Å².